The molecule has 2 aromatic carbocycles. The second kappa shape index (κ2) is 8.75. The number of thiazole rings is 1. The first-order valence-corrected chi connectivity index (χ1v) is 9.57. The number of hydrogen-bond acceptors (Lipinski definition) is 6. The van der Waals surface area contributed by atoms with Crippen LogP contribution in [0.25, 0.3) is 10.6 Å². The van der Waals surface area contributed by atoms with Crippen LogP contribution < -0.4 is 19.5 Å². The van der Waals surface area contributed by atoms with E-state index < -0.39 is 0 Å². The average Bonchev–Trinajstić information content (AvgIpc) is 3.23. The van der Waals surface area contributed by atoms with Crippen LogP contribution in [0, 0.1) is 0 Å². The maximum absolute atomic E-state index is 12.7. The quantitative estimate of drug-likeness (QED) is 0.642. The number of carbonyl (C=O) groups is 1. The first-order valence-electron chi connectivity index (χ1n) is 8.69. The van der Waals surface area contributed by atoms with E-state index in [0.29, 0.717) is 22.9 Å². The molecule has 0 aliphatic rings. The molecule has 146 valence electrons. The van der Waals surface area contributed by atoms with Crippen LogP contribution in [0.15, 0.2) is 47.8 Å². The van der Waals surface area contributed by atoms with Crippen molar-refractivity contribution in [2.24, 2.45) is 0 Å². The molecule has 7 heteroatoms. The summed E-state index contributed by atoms with van der Waals surface area (Å²) in [6.07, 6.45) is 0. The molecule has 0 saturated carbocycles. The number of rotatable bonds is 7. The van der Waals surface area contributed by atoms with Gasteiger partial charge in [-0.05, 0) is 24.6 Å². The zero-order chi connectivity index (χ0) is 20.1. The van der Waals surface area contributed by atoms with Crippen LogP contribution in [0.3, 0.4) is 0 Å². The SMILES string of the molecule is COc1cc(C(C)NC(=O)c2csc(-c3ccccc3)n2)cc(OC)c1OC. The Hall–Kier alpha value is -3.06. The van der Waals surface area contributed by atoms with E-state index in [-0.39, 0.29) is 11.9 Å². The second-order valence-corrected chi connectivity index (χ2v) is 6.92. The molecule has 28 heavy (non-hydrogen) atoms. The van der Waals surface area contributed by atoms with Crippen LogP contribution in [0.2, 0.25) is 0 Å². The number of carbonyl (C=O) groups excluding carboxylic acids is 1. The Labute approximate surface area is 168 Å². The van der Waals surface area contributed by atoms with E-state index in [0.717, 1.165) is 16.1 Å². The van der Waals surface area contributed by atoms with Crippen LogP contribution in [0.1, 0.15) is 29.0 Å². The van der Waals surface area contributed by atoms with Gasteiger partial charge in [-0.25, -0.2) is 4.98 Å². The highest BCUT2D eigenvalue weighted by molar-refractivity contribution is 7.13. The van der Waals surface area contributed by atoms with E-state index in [1.807, 2.05) is 49.4 Å². The number of benzene rings is 2. The molecule has 0 bridgehead atoms. The summed E-state index contributed by atoms with van der Waals surface area (Å²) in [5.74, 6) is 1.36. The van der Waals surface area contributed by atoms with Crippen LogP contribution >= 0.6 is 11.3 Å². The lowest BCUT2D eigenvalue weighted by Crippen LogP contribution is -2.27. The zero-order valence-electron chi connectivity index (χ0n) is 16.2. The summed E-state index contributed by atoms with van der Waals surface area (Å²) in [7, 11) is 4.67. The molecule has 0 radical (unpaired) electrons. The summed E-state index contributed by atoms with van der Waals surface area (Å²) in [4.78, 5) is 17.1. The van der Waals surface area contributed by atoms with E-state index >= 15 is 0 Å². The molecule has 1 aromatic heterocycles. The lowest BCUT2D eigenvalue weighted by molar-refractivity contribution is 0.0935. The molecular weight excluding hydrogens is 376 g/mol. The Kier molecular flexibility index (Phi) is 6.16. The normalized spacial score (nSPS) is 11.6. The fraction of sp³-hybridized carbons (Fsp3) is 0.238. The van der Waals surface area contributed by atoms with E-state index in [1.165, 1.54) is 11.3 Å². The number of hydrogen-bond donors (Lipinski definition) is 1. The molecule has 0 saturated heterocycles. The molecule has 1 heterocycles. The summed E-state index contributed by atoms with van der Waals surface area (Å²) in [6, 6.07) is 13.2. The summed E-state index contributed by atoms with van der Waals surface area (Å²) >= 11 is 1.44. The maximum atomic E-state index is 12.7. The summed E-state index contributed by atoms with van der Waals surface area (Å²) in [6.45, 7) is 1.89. The molecule has 1 unspecified atom stereocenters. The third-order valence-corrected chi connectivity index (χ3v) is 5.18. The molecule has 0 aliphatic heterocycles. The molecule has 1 amide bonds. The lowest BCUT2D eigenvalue weighted by atomic mass is 10.1. The van der Waals surface area contributed by atoms with Gasteiger partial charge in [0.05, 0.1) is 27.4 Å². The molecule has 0 spiro atoms. The smallest absolute Gasteiger partial charge is 0.271 e. The van der Waals surface area contributed by atoms with Crippen LogP contribution in [-0.2, 0) is 0 Å². The Morgan fingerprint density at radius 1 is 1.04 bits per heavy atom. The van der Waals surface area contributed by atoms with Gasteiger partial charge in [-0.1, -0.05) is 30.3 Å². The van der Waals surface area contributed by atoms with Crippen LogP contribution in [-0.4, -0.2) is 32.2 Å². The third-order valence-electron chi connectivity index (χ3n) is 4.29. The fourth-order valence-corrected chi connectivity index (χ4v) is 3.60. The number of amides is 1. The Morgan fingerprint density at radius 3 is 2.25 bits per heavy atom. The standard InChI is InChI=1S/C21H22N2O4S/c1-13(15-10-17(25-2)19(27-4)18(11-15)26-3)22-20(24)16-12-28-21(23-16)14-8-6-5-7-9-14/h5-13H,1-4H3,(H,22,24). The summed E-state index contributed by atoms with van der Waals surface area (Å²) in [5.41, 5.74) is 2.22. The molecular formula is C21H22N2O4S. The van der Waals surface area contributed by atoms with Gasteiger partial charge in [0, 0.05) is 10.9 Å². The van der Waals surface area contributed by atoms with Crippen LogP contribution in [0.5, 0.6) is 17.2 Å². The Balaban J connectivity index is 1.79. The first-order chi connectivity index (χ1) is 13.6. The van der Waals surface area contributed by atoms with Gasteiger partial charge in [0.15, 0.2) is 11.5 Å². The van der Waals surface area contributed by atoms with Crippen molar-refractivity contribution < 1.29 is 19.0 Å². The topological polar surface area (TPSA) is 69.7 Å². The van der Waals surface area contributed by atoms with Gasteiger partial charge in [-0.2, -0.15) is 0 Å². The number of ether oxygens (including phenoxy) is 3. The van der Waals surface area contributed by atoms with Gasteiger partial charge in [0.25, 0.3) is 5.91 Å². The fourth-order valence-electron chi connectivity index (χ4n) is 2.80. The van der Waals surface area contributed by atoms with E-state index in [2.05, 4.69) is 10.3 Å². The van der Waals surface area contributed by atoms with Gasteiger partial charge in [0.1, 0.15) is 10.7 Å². The minimum atomic E-state index is -0.275. The summed E-state index contributed by atoms with van der Waals surface area (Å²) < 4.78 is 16.1. The largest absolute Gasteiger partial charge is 0.493 e. The van der Waals surface area contributed by atoms with Crippen molar-refractivity contribution in [1.29, 1.82) is 0 Å². The molecule has 1 atom stereocenters. The number of nitrogens with one attached hydrogen (secondary N) is 1. The van der Waals surface area contributed by atoms with Crippen molar-refractivity contribution in [3.63, 3.8) is 0 Å². The zero-order valence-corrected chi connectivity index (χ0v) is 17.0. The van der Waals surface area contributed by atoms with Crippen molar-refractivity contribution in [1.82, 2.24) is 10.3 Å². The number of aromatic nitrogens is 1. The predicted octanol–water partition coefficient (Wildman–Crippen LogP) is 4.33. The van der Waals surface area contributed by atoms with E-state index in [4.69, 9.17) is 14.2 Å². The van der Waals surface area contributed by atoms with Gasteiger partial charge < -0.3 is 19.5 Å². The molecule has 3 aromatic rings. The summed E-state index contributed by atoms with van der Waals surface area (Å²) in [5, 5.41) is 5.55. The van der Waals surface area contributed by atoms with Crippen molar-refractivity contribution in [2.45, 2.75) is 13.0 Å². The molecule has 0 fully saturated rings. The van der Waals surface area contributed by atoms with Crippen LogP contribution in [0.4, 0.5) is 0 Å². The average molecular weight is 398 g/mol. The monoisotopic (exact) mass is 398 g/mol. The highest BCUT2D eigenvalue weighted by Crippen LogP contribution is 2.39. The Bertz CT molecular complexity index is 931. The Morgan fingerprint density at radius 2 is 1.68 bits per heavy atom. The van der Waals surface area contributed by atoms with Crippen molar-refractivity contribution in [3.8, 4) is 27.8 Å². The molecule has 0 aliphatic carbocycles. The first kappa shape index (κ1) is 19.7. The number of methoxy groups -OCH3 is 3. The van der Waals surface area contributed by atoms with Crippen molar-refractivity contribution >= 4 is 17.2 Å². The van der Waals surface area contributed by atoms with Gasteiger partial charge in [0.2, 0.25) is 5.75 Å². The second-order valence-electron chi connectivity index (χ2n) is 6.06. The van der Waals surface area contributed by atoms with Gasteiger partial charge in [-0.15, -0.1) is 11.3 Å². The molecule has 1 N–H and O–H groups in total. The van der Waals surface area contributed by atoms with Crippen molar-refractivity contribution in [2.75, 3.05) is 21.3 Å². The highest BCUT2D eigenvalue weighted by atomic mass is 32.1. The lowest BCUT2D eigenvalue weighted by Gasteiger charge is -2.18. The van der Waals surface area contributed by atoms with Crippen molar-refractivity contribution in [3.05, 3.63) is 59.1 Å². The highest BCUT2D eigenvalue weighted by Gasteiger charge is 2.19. The predicted molar refractivity (Wildman–Crippen MR) is 110 cm³/mol. The minimum Gasteiger partial charge on any atom is -0.493 e. The minimum absolute atomic E-state index is 0.236. The molecule has 3 rings (SSSR count). The number of nitrogens with zero attached hydrogens (tertiary/aromatic N) is 1. The molecule has 6 nitrogen and oxygen atoms in total. The third kappa shape index (κ3) is 4.09. The maximum Gasteiger partial charge on any atom is 0.271 e. The van der Waals surface area contributed by atoms with E-state index in [1.54, 1.807) is 26.7 Å². The van der Waals surface area contributed by atoms with E-state index in [9.17, 15) is 4.79 Å². The van der Waals surface area contributed by atoms with Gasteiger partial charge >= 0.3 is 0 Å². The van der Waals surface area contributed by atoms with Gasteiger partial charge in [-0.3, -0.25) is 4.79 Å².